The summed E-state index contributed by atoms with van der Waals surface area (Å²) >= 11 is 0. The van der Waals surface area contributed by atoms with Crippen molar-refractivity contribution in [3.8, 4) is 51.6 Å². The van der Waals surface area contributed by atoms with Gasteiger partial charge in [0, 0.05) is 29.8 Å². The summed E-state index contributed by atoms with van der Waals surface area (Å²) in [7, 11) is 0. The summed E-state index contributed by atoms with van der Waals surface area (Å²) in [5, 5.41) is 128. The van der Waals surface area contributed by atoms with Crippen molar-refractivity contribution in [2.45, 2.75) is 106 Å². The summed E-state index contributed by atoms with van der Waals surface area (Å²) in [5.74, 6) is -6.25. The molecular formula is C51H52O24. The second-order valence-corrected chi connectivity index (χ2v) is 17.7. The summed E-state index contributed by atoms with van der Waals surface area (Å²) in [4.78, 5) is 41.1. The number of esters is 2. The van der Waals surface area contributed by atoms with Gasteiger partial charge in [-0.1, -0.05) is 24.3 Å². The lowest BCUT2D eigenvalue weighted by Crippen LogP contribution is -2.66. The predicted octanol–water partition coefficient (Wildman–Crippen LogP) is 1.10. The molecular weight excluding hydrogens is 997 g/mol. The molecule has 24 nitrogen and oxygen atoms in total. The van der Waals surface area contributed by atoms with Crippen LogP contribution in [0.1, 0.15) is 25.0 Å². The molecule has 0 amide bonds. The van der Waals surface area contributed by atoms with E-state index in [4.69, 9.17) is 42.3 Å². The van der Waals surface area contributed by atoms with Crippen molar-refractivity contribution in [1.29, 1.82) is 0 Å². The first-order valence-electron chi connectivity index (χ1n) is 23.1. The van der Waals surface area contributed by atoms with Crippen LogP contribution in [-0.2, 0) is 42.7 Å². The lowest BCUT2D eigenvalue weighted by atomic mass is 9.97. The molecule has 0 saturated carbocycles. The lowest BCUT2D eigenvalue weighted by molar-refractivity contribution is -0.360. The molecule has 0 spiro atoms. The summed E-state index contributed by atoms with van der Waals surface area (Å²) in [6.07, 6.45) is -22.5. The monoisotopic (exact) mass is 1050 g/mol. The maximum Gasteiger partial charge on any atom is 0.331 e. The van der Waals surface area contributed by atoms with Gasteiger partial charge in [-0.15, -0.1) is 0 Å². The molecule has 1 aromatic heterocycles. The van der Waals surface area contributed by atoms with E-state index in [0.29, 0.717) is 11.1 Å². The third kappa shape index (κ3) is 12.0. The number of phenols is 6. The molecule has 4 heterocycles. The number of benzene rings is 4. The Balaban J connectivity index is 1.17. The zero-order valence-corrected chi connectivity index (χ0v) is 39.4. The Hall–Kier alpha value is -7.33. The Morgan fingerprint density at radius 1 is 0.560 bits per heavy atom. The van der Waals surface area contributed by atoms with Gasteiger partial charge in [-0.25, -0.2) is 9.59 Å². The smallest absolute Gasteiger partial charge is 0.331 e. The van der Waals surface area contributed by atoms with Gasteiger partial charge in [-0.2, -0.15) is 0 Å². The van der Waals surface area contributed by atoms with Crippen molar-refractivity contribution in [3.05, 3.63) is 112 Å². The van der Waals surface area contributed by atoms with Gasteiger partial charge in [0.1, 0.15) is 76.7 Å². The minimum atomic E-state index is -2.21. The normalized spacial score (nSPS) is 30.1. The molecule has 3 aliphatic heterocycles. The fraction of sp³-hybridized carbons (Fsp3) is 0.353. The zero-order chi connectivity index (χ0) is 54.0. The molecule has 400 valence electrons. The number of rotatable bonds is 14. The Morgan fingerprint density at radius 3 is 1.76 bits per heavy atom. The van der Waals surface area contributed by atoms with E-state index < -0.39 is 162 Å². The highest BCUT2D eigenvalue weighted by Crippen LogP contribution is 2.41. The van der Waals surface area contributed by atoms with Crippen molar-refractivity contribution in [3.63, 3.8) is 0 Å². The number of aliphatic hydroxyl groups excluding tert-OH is 6. The van der Waals surface area contributed by atoms with Crippen molar-refractivity contribution in [2.75, 3.05) is 6.61 Å². The van der Waals surface area contributed by atoms with Crippen LogP contribution in [0, 0.1) is 0 Å². The quantitative estimate of drug-likeness (QED) is 0.0421. The van der Waals surface area contributed by atoms with Crippen molar-refractivity contribution in [2.24, 2.45) is 0 Å². The molecule has 3 fully saturated rings. The average Bonchev–Trinajstić information content (AvgIpc) is 3.37. The van der Waals surface area contributed by atoms with E-state index in [2.05, 4.69) is 0 Å². The highest BCUT2D eigenvalue weighted by atomic mass is 16.8. The van der Waals surface area contributed by atoms with E-state index >= 15 is 0 Å². The number of hydrogen-bond donors (Lipinski definition) is 12. The highest BCUT2D eigenvalue weighted by molar-refractivity contribution is 5.89. The lowest BCUT2D eigenvalue weighted by Gasteiger charge is -2.47. The molecule has 3 saturated heterocycles. The van der Waals surface area contributed by atoms with Crippen LogP contribution in [-0.4, -0.2) is 172 Å². The van der Waals surface area contributed by atoms with Gasteiger partial charge >= 0.3 is 11.9 Å². The number of aliphatic hydroxyl groups is 6. The summed E-state index contributed by atoms with van der Waals surface area (Å²) in [6, 6.07) is 16.4. The van der Waals surface area contributed by atoms with Crippen LogP contribution in [0.4, 0.5) is 0 Å². The van der Waals surface area contributed by atoms with Crippen LogP contribution in [0.5, 0.6) is 40.2 Å². The van der Waals surface area contributed by atoms with Crippen molar-refractivity contribution >= 4 is 35.1 Å². The predicted molar refractivity (Wildman–Crippen MR) is 253 cm³/mol. The van der Waals surface area contributed by atoms with Crippen LogP contribution >= 0.6 is 0 Å². The molecule has 0 aliphatic carbocycles. The summed E-state index contributed by atoms with van der Waals surface area (Å²) < 4.78 is 53.2. The third-order valence-corrected chi connectivity index (χ3v) is 12.4. The zero-order valence-electron chi connectivity index (χ0n) is 39.4. The molecule has 3 aliphatic rings. The number of aromatic hydroxyl groups is 6. The highest BCUT2D eigenvalue weighted by Gasteiger charge is 2.54. The van der Waals surface area contributed by atoms with Crippen LogP contribution in [0.15, 0.2) is 100 Å². The van der Waals surface area contributed by atoms with Crippen LogP contribution in [0.2, 0.25) is 0 Å². The fourth-order valence-corrected chi connectivity index (χ4v) is 8.38. The van der Waals surface area contributed by atoms with E-state index in [1.165, 1.54) is 80.6 Å². The number of phenolic OH excluding ortho intramolecular Hbond substituents is 6. The molecule has 5 aromatic rings. The second-order valence-electron chi connectivity index (χ2n) is 17.7. The molecule has 0 radical (unpaired) electrons. The van der Waals surface area contributed by atoms with Crippen LogP contribution in [0.25, 0.3) is 34.4 Å². The van der Waals surface area contributed by atoms with Crippen LogP contribution < -0.4 is 10.2 Å². The minimum Gasteiger partial charge on any atom is -0.508 e. The van der Waals surface area contributed by atoms with E-state index in [1.807, 2.05) is 0 Å². The molecule has 0 bridgehead atoms. The number of ether oxygens (including phenoxy) is 8. The molecule has 12 N–H and O–H groups in total. The number of carbonyl (C=O) groups is 2. The topological polar surface area (TPSA) is 381 Å². The van der Waals surface area contributed by atoms with Crippen molar-refractivity contribution < 1.29 is 113 Å². The van der Waals surface area contributed by atoms with Crippen LogP contribution in [0.3, 0.4) is 0 Å². The number of carbonyl (C=O) groups excluding carboxylic acids is 2. The molecule has 24 heteroatoms. The SMILES string of the molecule is C[C@@H]1O[C@H](OC[C@@H]2O[C@H](Oc3c(-c4ccc(O)c(O)c4)oc4cc(O)cc(O)c4c3=O)[C@@H](O[C@H]3O[C@@H](C)[C@H](OC(=O)C=Cc4ccc(O)cc4)[C@@H](O)[C@@H]3O)[C@H](O)[C@H]2OC(=O)C=Cc2ccc(O)cc2)[C@@H](O)[C@H](O)[C@H]1O. The van der Waals surface area contributed by atoms with Gasteiger partial charge < -0.3 is 104 Å². The fourth-order valence-electron chi connectivity index (χ4n) is 8.38. The largest absolute Gasteiger partial charge is 0.508 e. The van der Waals surface area contributed by atoms with Gasteiger partial charge in [-0.05, 0) is 79.6 Å². The molecule has 0 unspecified atom stereocenters. The van der Waals surface area contributed by atoms with Gasteiger partial charge in [0.25, 0.3) is 0 Å². The van der Waals surface area contributed by atoms with Gasteiger partial charge in [0.15, 0.2) is 48.2 Å². The Labute approximate surface area is 423 Å². The summed E-state index contributed by atoms with van der Waals surface area (Å²) in [6.45, 7) is 1.89. The second kappa shape index (κ2) is 22.6. The molecule has 4 aromatic carbocycles. The van der Waals surface area contributed by atoms with E-state index in [-0.39, 0.29) is 17.1 Å². The molecule has 8 rings (SSSR count). The maximum atomic E-state index is 14.6. The minimum absolute atomic E-state index is 0.0167. The first-order chi connectivity index (χ1) is 35.7. The molecule has 75 heavy (non-hydrogen) atoms. The van der Waals surface area contributed by atoms with Gasteiger partial charge in [0.2, 0.25) is 17.5 Å². The average molecular weight is 1050 g/mol. The molecule has 15 atom stereocenters. The van der Waals surface area contributed by atoms with E-state index in [9.17, 15) is 75.7 Å². The number of hydrogen-bond acceptors (Lipinski definition) is 24. The first kappa shape index (κ1) is 53.9. The van der Waals surface area contributed by atoms with Crippen molar-refractivity contribution in [1.82, 2.24) is 0 Å². The Bertz CT molecular complexity index is 2960. The summed E-state index contributed by atoms with van der Waals surface area (Å²) in [5.41, 5.74) is -0.829. The van der Waals surface area contributed by atoms with E-state index in [0.717, 1.165) is 36.4 Å². The third-order valence-electron chi connectivity index (χ3n) is 12.4. The van der Waals surface area contributed by atoms with Gasteiger partial charge in [0.05, 0.1) is 18.8 Å². The first-order valence-corrected chi connectivity index (χ1v) is 23.1. The number of fused-ring (bicyclic) bond motifs is 1. The maximum absolute atomic E-state index is 14.6. The van der Waals surface area contributed by atoms with Gasteiger partial charge in [-0.3, -0.25) is 4.79 Å². The Kier molecular flexibility index (Phi) is 16.3. The van der Waals surface area contributed by atoms with E-state index in [1.54, 1.807) is 0 Å². The standard InChI is InChI=1S/C51H52O24/c1-21-37(60)39(62)41(64)49(68-21)67-20-33-46(73-35(59)16-8-24-5-12-27(53)13-6-24)43(66)48(75-50-42(65)40(63)44(22(2)69-50)72-34(58)15-7-23-3-10-26(52)11-4-23)51(71-33)74-47-38(61)36-31(57)18-28(54)19-32(36)70-45(47)25-9-14-29(55)30(56)17-25/h3-19,21-22,33,37,39-44,46,48-57,60,62-66H,20H2,1-2H3/t21-,22-,33-,37-,39+,40-,41-,42-,43+,44-,46-,48-,49-,50+,51+/m0/s1. The Morgan fingerprint density at radius 2 is 1.15 bits per heavy atom.